The number of rotatable bonds is 3. The van der Waals surface area contributed by atoms with Crippen LogP contribution in [0.5, 0.6) is 0 Å². The summed E-state index contributed by atoms with van der Waals surface area (Å²) in [6, 6.07) is 13.8. The van der Waals surface area contributed by atoms with Crippen molar-refractivity contribution in [3.63, 3.8) is 0 Å². The zero-order chi connectivity index (χ0) is 15.5. The van der Waals surface area contributed by atoms with Crippen molar-refractivity contribution >= 4 is 36.4 Å². The summed E-state index contributed by atoms with van der Waals surface area (Å²) in [6.45, 7) is 2.33. The van der Waals surface area contributed by atoms with E-state index in [-0.39, 0.29) is 30.7 Å². The smallest absolute Gasteiger partial charge is 0.258 e. The number of nitrogens with one attached hydrogen (secondary N) is 1. The van der Waals surface area contributed by atoms with Crippen molar-refractivity contribution in [1.82, 2.24) is 5.32 Å². The van der Waals surface area contributed by atoms with Crippen LogP contribution in [0, 0.1) is 0 Å². The third kappa shape index (κ3) is 4.28. The van der Waals surface area contributed by atoms with E-state index in [4.69, 9.17) is 5.73 Å². The molecule has 6 heteroatoms. The van der Waals surface area contributed by atoms with Crippen molar-refractivity contribution in [3.8, 4) is 0 Å². The maximum Gasteiger partial charge on any atom is 0.258 e. The molecule has 1 amide bonds. The van der Waals surface area contributed by atoms with Gasteiger partial charge in [-0.2, -0.15) is 0 Å². The average molecular weight is 368 g/mol. The second-order valence-electron chi connectivity index (χ2n) is 5.65. The third-order valence-electron chi connectivity index (χ3n) is 4.18. The summed E-state index contributed by atoms with van der Waals surface area (Å²) in [5.41, 5.74) is 10.9. The normalized spacial score (nSPS) is 12.4. The molecule has 0 aliphatic carbocycles. The van der Waals surface area contributed by atoms with Crippen LogP contribution in [0.1, 0.15) is 27.0 Å². The van der Waals surface area contributed by atoms with Gasteiger partial charge in [-0.3, -0.25) is 4.79 Å². The van der Waals surface area contributed by atoms with Crippen molar-refractivity contribution in [2.24, 2.45) is 5.73 Å². The summed E-state index contributed by atoms with van der Waals surface area (Å²) < 4.78 is 0. The van der Waals surface area contributed by atoms with Crippen LogP contribution in [0.15, 0.2) is 42.5 Å². The first-order valence-corrected chi connectivity index (χ1v) is 7.58. The predicted octanol–water partition coefficient (Wildman–Crippen LogP) is 2.91. The minimum atomic E-state index is -0.0148. The second kappa shape index (κ2) is 9.04. The number of hydrogen-bond acceptors (Lipinski definition) is 3. The van der Waals surface area contributed by atoms with Gasteiger partial charge >= 0.3 is 0 Å². The summed E-state index contributed by atoms with van der Waals surface area (Å²) in [6.07, 6.45) is 1.05. The van der Waals surface area contributed by atoms with Gasteiger partial charge in [0.2, 0.25) is 0 Å². The SMILES string of the molecule is CN(C(=O)c1cccc(CN)c1)c1ccc2c(c1)CNCC2.Cl.Cl. The summed E-state index contributed by atoms with van der Waals surface area (Å²) in [5, 5.41) is 3.37. The van der Waals surface area contributed by atoms with E-state index in [1.807, 2.05) is 37.4 Å². The Hall–Kier alpha value is -1.59. The number of hydrogen-bond donors (Lipinski definition) is 2. The van der Waals surface area contributed by atoms with Crippen molar-refractivity contribution in [3.05, 3.63) is 64.7 Å². The first-order valence-electron chi connectivity index (χ1n) is 7.58. The van der Waals surface area contributed by atoms with E-state index in [0.717, 1.165) is 30.8 Å². The molecule has 0 aromatic heterocycles. The van der Waals surface area contributed by atoms with Crippen LogP contribution in [0.4, 0.5) is 5.69 Å². The van der Waals surface area contributed by atoms with Crippen molar-refractivity contribution in [2.45, 2.75) is 19.5 Å². The first kappa shape index (κ1) is 20.5. The van der Waals surface area contributed by atoms with Crippen molar-refractivity contribution in [2.75, 3.05) is 18.5 Å². The maximum absolute atomic E-state index is 12.7. The Balaban J connectivity index is 0.00000144. The van der Waals surface area contributed by atoms with Crippen LogP contribution in [0.25, 0.3) is 0 Å². The Morgan fingerprint density at radius 3 is 2.71 bits per heavy atom. The minimum absolute atomic E-state index is 0. The van der Waals surface area contributed by atoms with Gasteiger partial charge in [0.15, 0.2) is 0 Å². The van der Waals surface area contributed by atoms with Gasteiger partial charge in [0.1, 0.15) is 0 Å². The van der Waals surface area contributed by atoms with Gasteiger partial charge in [-0.25, -0.2) is 0 Å². The molecular formula is C18H23Cl2N3O. The van der Waals surface area contributed by atoms with E-state index in [1.54, 1.807) is 4.90 Å². The van der Waals surface area contributed by atoms with Gasteiger partial charge in [0.05, 0.1) is 0 Å². The first-order chi connectivity index (χ1) is 10.7. The number of carbonyl (C=O) groups excluding carboxylic acids is 1. The number of amides is 1. The number of fused-ring (bicyclic) bond motifs is 1. The van der Waals surface area contributed by atoms with E-state index in [0.29, 0.717) is 12.1 Å². The van der Waals surface area contributed by atoms with Gasteiger partial charge in [-0.15, -0.1) is 24.8 Å². The maximum atomic E-state index is 12.7. The van der Waals surface area contributed by atoms with E-state index in [1.165, 1.54) is 11.1 Å². The highest BCUT2D eigenvalue weighted by molar-refractivity contribution is 6.05. The molecule has 3 rings (SSSR count). The third-order valence-corrected chi connectivity index (χ3v) is 4.18. The predicted molar refractivity (Wildman–Crippen MR) is 103 cm³/mol. The topological polar surface area (TPSA) is 58.4 Å². The molecule has 130 valence electrons. The number of halogens is 2. The Kier molecular flexibility index (Phi) is 7.70. The Labute approximate surface area is 155 Å². The van der Waals surface area contributed by atoms with Gasteiger partial charge in [-0.1, -0.05) is 18.2 Å². The summed E-state index contributed by atoms with van der Waals surface area (Å²) in [7, 11) is 1.81. The lowest BCUT2D eigenvalue weighted by molar-refractivity contribution is 0.0993. The van der Waals surface area contributed by atoms with Crippen LogP contribution in [0.3, 0.4) is 0 Å². The van der Waals surface area contributed by atoms with Gasteiger partial charge < -0.3 is 16.0 Å². The van der Waals surface area contributed by atoms with Gasteiger partial charge in [-0.05, 0) is 53.9 Å². The molecule has 3 N–H and O–H groups in total. The lowest BCUT2D eigenvalue weighted by Gasteiger charge is -2.22. The zero-order valence-corrected chi connectivity index (χ0v) is 15.3. The van der Waals surface area contributed by atoms with E-state index in [2.05, 4.69) is 17.4 Å². The molecule has 2 aromatic carbocycles. The summed E-state index contributed by atoms with van der Waals surface area (Å²) in [4.78, 5) is 14.3. The van der Waals surface area contributed by atoms with E-state index >= 15 is 0 Å². The monoisotopic (exact) mass is 367 g/mol. The Morgan fingerprint density at radius 2 is 1.96 bits per heavy atom. The molecule has 0 spiro atoms. The molecule has 1 aliphatic rings. The molecule has 0 bridgehead atoms. The molecule has 0 saturated carbocycles. The molecule has 0 atom stereocenters. The highest BCUT2D eigenvalue weighted by atomic mass is 35.5. The zero-order valence-electron chi connectivity index (χ0n) is 13.6. The molecular weight excluding hydrogens is 345 g/mol. The fourth-order valence-electron chi connectivity index (χ4n) is 2.82. The highest BCUT2D eigenvalue weighted by Gasteiger charge is 2.16. The number of carbonyl (C=O) groups is 1. The lowest BCUT2D eigenvalue weighted by atomic mass is 10.00. The van der Waals surface area contributed by atoms with Crippen LogP contribution in [-0.4, -0.2) is 19.5 Å². The molecule has 1 heterocycles. The molecule has 0 saturated heterocycles. The number of nitrogens with two attached hydrogens (primary N) is 1. The second-order valence-corrected chi connectivity index (χ2v) is 5.65. The quantitative estimate of drug-likeness (QED) is 0.876. The van der Waals surface area contributed by atoms with Crippen LogP contribution in [0.2, 0.25) is 0 Å². The number of benzene rings is 2. The average Bonchev–Trinajstić information content (AvgIpc) is 2.60. The number of nitrogens with zero attached hydrogens (tertiary/aromatic N) is 1. The molecule has 24 heavy (non-hydrogen) atoms. The molecule has 4 nitrogen and oxygen atoms in total. The Morgan fingerprint density at radius 1 is 1.17 bits per heavy atom. The van der Waals surface area contributed by atoms with Crippen LogP contribution < -0.4 is 16.0 Å². The van der Waals surface area contributed by atoms with Crippen molar-refractivity contribution < 1.29 is 4.79 Å². The van der Waals surface area contributed by atoms with Gasteiger partial charge in [0.25, 0.3) is 5.91 Å². The standard InChI is InChI=1S/C18H21N3O.2ClH/c1-21(18(22)15-4-2-3-13(9-15)11-19)17-6-5-14-7-8-20-12-16(14)10-17;;/h2-6,9-10,20H,7-8,11-12,19H2,1H3;2*1H. The minimum Gasteiger partial charge on any atom is -0.326 e. The van der Waals surface area contributed by atoms with E-state index in [9.17, 15) is 4.79 Å². The molecule has 1 aliphatic heterocycles. The molecule has 0 fully saturated rings. The Bertz CT molecular complexity index is 706. The molecule has 2 aromatic rings. The summed E-state index contributed by atoms with van der Waals surface area (Å²) >= 11 is 0. The fourth-order valence-corrected chi connectivity index (χ4v) is 2.82. The highest BCUT2D eigenvalue weighted by Crippen LogP contribution is 2.22. The molecule has 0 unspecified atom stereocenters. The lowest BCUT2D eigenvalue weighted by Crippen LogP contribution is -2.28. The molecule has 0 radical (unpaired) electrons. The van der Waals surface area contributed by atoms with Crippen LogP contribution >= 0.6 is 24.8 Å². The van der Waals surface area contributed by atoms with Crippen molar-refractivity contribution in [1.29, 1.82) is 0 Å². The summed E-state index contributed by atoms with van der Waals surface area (Å²) in [5.74, 6) is -0.0148. The fraction of sp³-hybridized carbons (Fsp3) is 0.278. The number of anilines is 1. The van der Waals surface area contributed by atoms with Crippen LogP contribution in [-0.2, 0) is 19.5 Å². The largest absolute Gasteiger partial charge is 0.326 e. The van der Waals surface area contributed by atoms with E-state index < -0.39 is 0 Å². The van der Waals surface area contributed by atoms with Gasteiger partial charge in [0, 0.05) is 31.4 Å².